The molecule has 1 unspecified atom stereocenters. The molecule has 0 bridgehead atoms. The molecule has 0 aromatic heterocycles. The maximum absolute atomic E-state index is 12.2. The molecule has 0 radical (unpaired) electrons. The van der Waals surface area contributed by atoms with Crippen LogP contribution in [0.4, 0.5) is 0 Å². The summed E-state index contributed by atoms with van der Waals surface area (Å²) in [5, 5.41) is 0. The predicted octanol–water partition coefficient (Wildman–Crippen LogP) is 4.49. The molecule has 1 aliphatic carbocycles. The third-order valence-electron chi connectivity index (χ3n) is 3.37. The molecule has 0 saturated heterocycles. The van der Waals surface area contributed by atoms with Gasteiger partial charge in [-0.3, -0.25) is 0 Å². The Kier molecular flexibility index (Phi) is 7.04. The minimum atomic E-state index is -1.13. The average molecular weight is 292 g/mol. The molecule has 106 valence electrons. The number of nitrogens with zero attached hydrogens (tertiary/aromatic N) is 1. The van der Waals surface area contributed by atoms with E-state index in [2.05, 4.69) is 4.40 Å². The van der Waals surface area contributed by atoms with Gasteiger partial charge >= 0.3 is 0 Å². The smallest absolute Gasteiger partial charge is 0.144 e. The molecule has 4 heteroatoms. The molecule has 0 N–H and O–H groups in total. The second-order valence-corrected chi connectivity index (χ2v) is 8.36. The van der Waals surface area contributed by atoms with Gasteiger partial charge in [0.05, 0.1) is 5.71 Å². The zero-order valence-corrected chi connectivity index (χ0v) is 13.4. The minimum absolute atomic E-state index is 0.263. The Labute approximate surface area is 120 Å². The fraction of sp³-hybridized carbons (Fsp3) is 0.929. The summed E-state index contributed by atoms with van der Waals surface area (Å²) in [6, 6.07) is 0. The molecule has 1 aliphatic rings. The Morgan fingerprint density at radius 1 is 1.28 bits per heavy atom. The molecule has 2 nitrogen and oxygen atoms in total. The van der Waals surface area contributed by atoms with Crippen LogP contribution in [0.25, 0.3) is 0 Å². The van der Waals surface area contributed by atoms with Gasteiger partial charge in [-0.15, -0.1) is 11.6 Å². The lowest BCUT2D eigenvalue weighted by Gasteiger charge is -2.25. The van der Waals surface area contributed by atoms with Crippen LogP contribution in [-0.4, -0.2) is 20.9 Å². The maximum atomic E-state index is 12.2. The van der Waals surface area contributed by atoms with Crippen molar-refractivity contribution in [3.63, 3.8) is 0 Å². The zero-order valence-electron chi connectivity index (χ0n) is 11.9. The van der Waals surface area contributed by atoms with E-state index < -0.39 is 11.4 Å². The molecular weight excluding hydrogens is 266 g/mol. The first-order valence-electron chi connectivity index (χ1n) is 7.00. The highest BCUT2D eigenvalue weighted by molar-refractivity contribution is 7.91. The highest BCUT2D eigenvalue weighted by Crippen LogP contribution is 2.28. The number of halogens is 1. The summed E-state index contributed by atoms with van der Waals surface area (Å²) in [6.45, 7) is 5.94. The third kappa shape index (κ3) is 5.50. The van der Waals surface area contributed by atoms with Crippen LogP contribution in [-0.2, 0) is 11.4 Å². The van der Waals surface area contributed by atoms with E-state index in [0.29, 0.717) is 11.8 Å². The van der Waals surface area contributed by atoms with E-state index >= 15 is 0 Å². The molecule has 0 aromatic carbocycles. The molecule has 0 spiro atoms. The summed E-state index contributed by atoms with van der Waals surface area (Å²) in [5.74, 6) is 1.21. The zero-order chi connectivity index (χ0) is 13.6. The van der Waals surface area contributed by atoms with Gasteiger partial charge in [-0.1, -0.05) is 23.7 Å². The first-order chi connectivity index (χ1) is 8.45. The number of alkyl halides is 1. The lowest BCUT2D eigenvalue weighted by Crippen LogP contribution is -2.29. The Hall–Kier alpha value is 0.270. The Morgan fingerprint density at radius 3 is 2.39 bits per heavy atom. The molecule has 0 amide bonds. The summed E-state index contributed by atoms with van der Waals surface area (Å²) in [5.41, 5.74) is 1.16. The number of rotatable bonds is 5. The fourth-order valence-electron chi connectivity index (χ4n) is 2.25. The fourth-order valence-corrected chi connectivity index (χ4v) is 3.11. The van der Waals surface area contributed by atoms with E-state index in [1.54, 1.807) is 0 Å². The highest BCUT2D eigenvalue weighted by atomic mass is 35.5. The molecule has 18 heavy (non-hydrogen) atoms. The standard InChI is InChI=1S/C14H26ClNOS/c1-14(2,3)18(17)16-13(10-7-11-15)12-8-5-4-6-9-12/h12H,4-11H2,1-3H3. The average Bonchev–Trinajstić information content (AvgIpc) is 2.34. The minimum Gasteiger partial charge on any atom is -0.591 e. The lowest BCUT2D eigenvalue weighted by atomic mass is 9.84. The van der Waals surface area contributed by atoms with Crippen molar-refractivity contribution in [3.05, 3.63) is 0 Å². The van der Waals surface area contributed by atoms with Crippen LogP contribution in [0.15, 0.2) is 4.40 Å². The highest BCUT2D eigenvalue weighted by Gasteiger charge is 2.29. The SMILES string of the molecule is CC(C)(C)[S+]([O-])N=C(CCCCl)C1CCCCC1. The van der Waals surface area contributed by atoms with Crippen molar-refractivity contribution in [2.45, 2.75) is 70.5 Å². The van der Waals surface area contributed by atoms with Crippen molar-refractivity contribution in [1.82, 2.24) is 0 Å². The predicted molar refractivity (Wildman–Crippen MR) is 81.9 cm³/mol. The van der Waals surface area contributed by atoms with Crippen molar-refractivity contribution < 1.29 is 4.55 Å². The third-order valence-corrected chi connectivity index (χ3v) is 5.08. The van der Waals surface area contributed by atoms with Crippen LogP contribution in [0, 0.1) is 5.92 Å². The van der Waals surface area contributed by atoms with Crippen LogP contribution in [0.2, 0.25) is 0 Å². The molecule has 0 aliphatic heterocycles. The summed E-state index contributed by atoms with van der Waals surface area (Å²) >= 11 is 4.65. The maximum Gasteiger partial charge on any atom is 0.144 e. The van der Waals surface area contributed by atoms with E-state index in [4.69, 9.17) is 11.6 Å². The van der Waals surface area contributed by atoms with Gasteiger partial charge in [0.15, 0.2) is 0 Å². The first kappa shape index (κ1) is 16.3. The van der Waals surface area contributed by atoms with Gasteiger partial charge in [-0.05, 0) is 46.5 Å². The molecule has 1 atom stereocenters. The number of hydrogen-bond donors (Lipinski definition) is 0. The van der Waals surface area contributed by atoms with Crippen molar-refractivity contribution >= 4 is 28.7 Å². The van der Waals surface area contributed by atoms with E-state index in [9.17, 15) is 4.55 Å². The van der Waals surface area contributed by atoms with Gasteiger partial charge in [-0.25, -0.2) is 0 Å². The van der Waals surface area contributed by atoms with Crippen molar-refractivity contribution in [3.8, 4) is 0 Å². The Morgan fingerprint density at radius 2 is 1.89 bits per heavy atom. The van der Waals surface area contributed by atoms with Crippen LogP contribution in [0.1, 0.15) is 65.7 Å². The van der Waals surface area contributed by atoms with Crippen LogP contribution in [0.3, 0.4) is 0 Å². The molecule has 1 fully saturated rings. The first-order valence-corrected chi connectivity index (χ1v) is 8.64. The molecule has 0 aromatic rings. The van der Waals surface area contributed by atoms with Gasteiger partial charge in [0.2, 0.25) is 0 Å². The van der Waals surface area contributed by atoms with E-state index in [1.165, 1.54) is 32.1 Å². The Bertz CT molecular complexity index is 269. The summed E-state index contributed by atoms with van der Waals surface area (Å²) in [6.07, 6.45) is 8.18. The summed E-state index contributed by atoms with van der Waals surface area (Å²) in [7, 11) is 0. The largest absolute Gasteiger partial charge is 0.591 e. The molecule has 1 rings (SSSR count). The monoisotopic (exact) mass is 291 g/mol. The van der Waals surface area contributed by atoms with E-state index in [0.717, 1.165) is 18.6 Å². The summed E-state index contributed by atoms with van der Waals surface area (Å²) in [4.78, 5) is 0. The van der Waals surface area contributed by atoms with Crippen LogP contribution < -0.4 is 0 Å². The van der Waals surface area contributed by atoms with E-state index in [-0.39, 0.29) is 4.75 Å². The Balaban J connectivity index is 2.72. The second kappa shape index (κ2) is 7.76. The second-order valence-electron chi connectivity index (χ2n) is 6.07. The van der Waals surface area contributed by atoms with Gasteiger partial charge in [0.25, 0.3) is 0 Å². The van der Waals surface area contributed by atoms with Crippen molar-refractivity contribution in [2.24, 2.45) is 10.3 Å². The number of hydrogen-bond acceptors (Lipinski definition) is 2. The lowest BCUT2D eigenvalue weighted by molar-refractivity contribution is 0.435. The van der Waals surface area contributed by atoms with Crippen LogP contribution in [0.5, 0.6) is 0 Å². The molecule has 0 heterocycles. The van der Waals surface area contributed by atoms with Gasteiger partial charge in [0.1, 0.15) is 16.1 Å². The van der Waals surface area contributed by atoms with Gasteiger partial charge in [-0.2, -0.15) is 0 Å². The van der Waals surface area contributed by atoms with Crippen LogP contribution >= 0.6 is 11.6 Å². The molecular formula is C14H26ClNOS. The summed E-state index contributed by atoms with van der Waals surface area (Å²) < 4.78 is 16.4. The van der Waals surface area contributed by atoms with E-state index in [1.807, 2.05) is 20.8 Å². The van der Waals surface area contributed by atoms with Gasteiger partial charge in [0, 0.05) is 11.8 Å². The van der Waals surface area contributed by atoms with Crippen molar-refractivity contribution in [1.29, 1.82) is 0 Å². The van der Waals surface area contributed by atoms with Crippen molar-refractivity contribution in [2.75, 3.05) is 5.88 Å². The quantitative estimate of drug-likeness (QED) is 0.417. The molecule has 1 saturated carbocycles. The topological polar surface area (TPSA) is 35.4 Å². The van der Waals surface area contributed by atoms with Gasteiger partial charge < -0.3 is 4.55 Å². The normalized spacial score (nSPS) is 21.1.